The minimum atomic E-state index is -1.73. The maximum Gasteiger partial charge on any atom is 0.408 e. The molecule has 0 aliphatic carbocycles. The van der Waals surface area contributed by atoms with E-state index in [1.165, 1.54) is 6.92 Å². The Hall–Kier alpha value is -4.57. The molecule has 13 atom stereocenters. The summed E-state index contributed by atoms with van der Waals surface area (Å²) < 4.78 is 30.9. The zero-order valence-corrected chi connectivity index (χ0v) is 36.5. The van der Waals surface area contributed by atoms with Gasteiger partial charge in [-0.05, 0) is 72.7 Å². The van der Waals surface area contributed by atoms with E-state index in [4.69, 9.17) is 23.7 Å². The van der Waals surface area contributed by atoms with Gasteiger partial charge in [-0.1, -0.05) is 64.1 Å². The van der Waals surface area contributed by atoms with Gasteiger partial charge in [-0.3, -0.25) is 19.2 Å². The number of hydrogen-bond acceptors (Lipinski definition) is 14. The molecule has 15 heteroatoms. The third-order valence-corrected chi connectivity index (χ3v) is 12.6. The van der Waals surface area contributed by atoms with E-state index in [1.54, 1.807) is 66.1 Å². The van der Waals surface area contributed by atoms with Crippen LogP contribution in [-0.2, 0) is 42.9 Å². The number of aromatic nitrogens is 2. The van der Waals surface area contributed by atoms with Crippen LogP contribution in [0.4, 0.5) is 4.79 Å². The molecule has 3 aliphatic rings. The highest BCUT2D eigenvalue weighted by molar-refractivity contribution is 6.00. The lowest BCUT2D eigenvalue weighted by molar-refractivity contribution is -0.292. The second kappa shape index (κ2) is 19.4. The molecule has 4 heterocycles. The van der Waals surface area contributed by atoms with Gasteiger partial charge in [0.1, 0.15) is 41.2 Å². The predicted octanol–water partition coefficient (Wildman–Crippen LogP) is 5.18. The topological polar surface area (TPSA) is 193 Å². The van der Waals surface area contributed by atoms with Crippen molar-refractivity contribution in [3.8, 4) is 11.4 Å². The number of cyclic esters (lactones) is 1. The molecule has 2 aromatic rings. The van der Waals surface area contributed by atoms with Crippen LogP contribution in [0, 0.1) is 29.6 Å². The molecule has 0 spiro atoms. The quantitative estimate of drug-likeness (QED) is 0.191. The Bertz CT molecular complexity index is 1880. The Kier molecular flexibility index (Phi) is 15.1. The number of alkyl carbamates (subject to hydrolysis) is 1. The lowest BCUT2D eigenvalue weighted by Crippen LogP contribution is -2.60. The largest absolute Gasteiger partial charge is 0.458 e. The summed E-state index contributed by atoms with van der Waals surface area (Å²) in [6.45, 7) is 13.4. The van der Waals surface area contributed by atoms with Crippen LogP contribution in [0.5, 0.6) is 0 Å². The summed E-state index contributed by atoms with van der Waals surface area (Å²) in [5.74, 6) is -6.26. The molecule has 0 saturated carbocycles. The van der Waals surface area contributed by atoms with Gasteiger partial charge in [0.05, 0.1) is 12.5 Å². The van der Waals surface area contributed by atoms with Crippen molar-refractivity contribution >= 4 is 35.7 Å². The second-order valence-corrected chi connectivity index (χ2v) is 17.3. The number of likely N-dealkylation sites (N-methyl/N-ethyl adjacent to an activating group) is 1. The van der Waals surface area contributed by atoms with E-state index in [9.17, 15) is 29.1 Å². The number of carbonyl (C=O) groups is 5. The number of nitrogens with zero attached hydrogens (tertiary/aromatic N) is 3. The van der Waals surface area contributed by atoms with Crippen LogP contribution < -0.4 is 5.32 Å². The molecular formula is C45H62N4O11. The smallest absolute Gasteiger partial charge is 0.408 e. The van der Waals surface area contributed by atoms with E-state index < -0.39 is 89.2 Å². The number of esters is 2. The van der Waals surface area contributed by atoms with Gasteiger partial charge in [0.15, 0.2) is 17.9 Å². The van der Waals surface area contributed by atoms with E-state index in [0.717, 1.165) is 11.1 Å². The molecule has 2 N–H and O–H groups in total. The SMILES string of the molecule is CC[C@H]1OC(=O)[C@H](C)C(=O)[C@H](C)[C@@H](O[C@@H]2O[C@H](C)C[C@H](N(C)C)[C@H]2O)[C@](C)(OC(=O)NC/C=C/c2ccc(-c3ncccn3)cc2)C[C@@H](C)C(=O)[C@@H](C)[C@H]2CC(=O)O[C@@]21C. The van der Waals surface area contributed by atoms with Crippen molar-refractivity contribution in [1.82, 2.24) is 20.2 Å². The molecule has 0 bridgehead atoms. The molecule has 60 heavy (non-hydrogen) atoms. The van der Waals surface area contributed by atoms with Crippen LogP contribution in [0.2, 0.25) is 0 Å². The molecule has 0 unspecified atom stereocenters. The van der Waals surface area contributed by atoms with E-state index in [-0.39, 0.29) is 43.7 Å². The van der Waals surface area contributed by atoms with Gasteiger partial charge in [-0.25, -0.2) is 14.8 Å². The molecule has 1 aromatic heterocycles. The Morgan fingerprint density at radius 2 is 1.67 bits per heavy atom. The summed E-state index contributed by atoms with van der Waals surface area (Å²) >= 11 is 0. The first-order chi connectivity index (χ1) is 28.3. The first-order valence-electron chi connectivity index (χ1n) is 21.0. The van der Waals surface area contributed by atoms with Gasteiger partial charge in [0, 0.05) is 54.2 Å². The van der Waals surface area contributed by atoms with E-state index in [0.29, 0.717) is 12.2 Å². The Labute approximate surface area is 352 Å². The summed E-state index contributed by atoms with van der Waals surface area (Å²) in [6.07, 6.45) is 1.57. The number of amides is 1. The van der Waals surface area contributed by atoms with Gasteiger partial charge in [0.25, 0.3) is 0 Å². The highest BCUT2D eigenvalue weighted by Crippen LogP contribution is 2.45. The predicted molar refractivity (Wildman–Crippen MR) is 221 cm³/mol. The van der Waals surface area contributed by atoms with Gasteiger partial charge in [-0.2, -0.15) is 0 Å². The zero-order valence-electron chi connectivity index (χ0n) is 36.5. The molecule has 15 nitrogen and oxygen atoms in total. The summed E-state index contributed by atoms with van der Waals surface area (Å²) in [5, 5.41) is 14.3. The highest BCUT2D eigenvalue weighted by Gasteiger charge is 2.57. The zero-order chi connectivity index (χ0) is 44.1. The number of nitrogens with one attached hydrogen (secondary N) is 1. The monoisotopic (exact) mass is 834 g/mol. The summed E-state index contributed by atoms with van der Waals surface area (Å²) in [5.41, 5.74) is -1.34. The average molecular weight is 835 g/mol. The third-order valence-electron chi connectivity index (χ3n) is 12.6. The lowest BCUT2D eigenvalue weighted by atomic mass is 9.70. The summed E-state index contributed by atoms with van der Waals surface area (Å²) in [6, 6.07) is 8.96. The Morgan fingerprint density at radius 1 is 1.00 bits per heavy atom. The van der Waals surface area contributed by atoms with Crippen molar-refractivity contribution in [3.63, 3.8) is 0 Å². The molecule has 1 amide bonds. The van der Waals surface area contributed by atoms with Gasteiger partial charge in [-0.15, -0.1) is 0 Å². The number of fused-ring (bicyclic) bond motifs is 1. The number of benzene rings is 1. The number of aliphatic hydroxyl groups excluding tert-OH is 1. The van der Waals surface area contributed by atoms with Crippen LogP contribution in [0.25, 0.3) is 17.5 Å². The first kappa shape index (κ1) is 46.5. The van der Waals surface area contributed by atoms with Gasteiger partial charge >= 0.3 is 18.0 Å². The molecule has 0 radical (unpaired) electrons. The minimum absolute atomic E-state index is 0.0617. The van der Waals surface area contributed by atoms with Crippen molar-refractivity contribution < 1.29 is 52.8 Å². The molecular weight excluding hydrogens is 773 g/mol. The van der Waals surface area contributed by atoms with Crippen molar-refractivity contribution in [1.29, 1.82) is 0 Å². The standard InChI is InChI=1S/C45H62N4O11/c1-11-34-45(8)32(23-35(50)59-45)27(4)36(51)25(2)24-44(7,60-43(55)48-19-12-14-30-15-17-31(18-16-30)40-46-20-13-21-47-40)39(28(5)37(52)29(6)41(54)57-34)58-42-38(53)33(49(9)10)22-26(3)56-42/h12-18,20-21,25-29,32-34,38-39,42,53H,11,19,22-24H2,1-10H3,(H,48,55)/b14-12+/t25-,26-,27+,28+,29-,32-,33+,34-,38-,39-,42+,44-,45+/m1/s1. The molecule has 3 fully saturated rings. The maximum atomic E-state index is 14.5. The molecule has 5 rings (SSSR count). The van der Waals surface area contributed by atoms with Gasteiger partial charge in [0.2, 0.25) is 0 Å². The number of ether oxygens (including phenoxy) is 5. The molecule has 328 valence electrons. The number of aliphatic hydroxyl groups is 1. The molecule has 3 aliphatic heterocycles. The average Bonchev–Trinajstić information content (AvgIpc) is 3.53. The number of carbonyl (C=O) groups excluding carboxylic acids is 5. The minimum Gasteiger partial charge on any atom is -0.458 e. The summed E-state index contributed by atoms with van der Waals surface area (Å²) in [4.78, 5) is 79.9. The Balaban J connectivity index is 1.48. The van der Waals surface area contributed by atoms with E-state index >= 15 is 0 Å². The van der Waals surface area contributed by atoms with Gasteiger partial charge < -0.3 is 39.0 Å². The van der Waals surface area contributed by atoms with Crippen LogP contribution in [0.1, 0.15) is 86.6 Å². The summed E-state index contributed by atoms with van der Waals surface area (Å²) in [7, 11) is 3.66. The second-order valence-electron chi connectivity index (χ2n) is 17.3. The fraction of sp³-hybridized carbons (Fsp3) is 0.622. The fourth-order valence-electron chi connectivity index (χ4n) is 9.17. The number of ketones is 2. The van der Waals surface area contributed by atoms with Crippen molar-refractivity contribution in [2.75, 3.05) is 20.6 Å². The maximum absolute atomic E-state index is 14.5. The number of Topliss-reactive ketones (excluding diaryl/α,β-unsaturated/α-hetero) is 2. The van der Waals surface area contributed by atoms with Crippen LogP contribution in [0.15, 0.2) is 48.8 Å². The normalized spacial score (nSPS) is 35.7. The molecule has 3 saturated heterocycles. The van der Waals surface area contributed by atoms with E-state index in [1.807, 2.05) is 56.3 Å². The van der Waals surface area contributed by atoms with E-state index in [2.05, 4.69) is 15.3 Å². The van der Waals surface area contributed by atoms with Crippen molar-refractivity contribution in [2.45, 2.75) is 129 Å². The highest BCUT2D eigenvalue weighted by atomic mass is 16.7. The van der Waals surface area contributed by atoms with Crippen LogP contribution >= 0.6 is 0 Å². The van der Waals surface area contributed by atoms with Crippen molar-refractivity contribution in [3.05, 3.63) is 54.4 Å². The fourth-order valence-corrected chi connectivity index (χ4v) is 9.17. The number of rotatable bonds is 9. The molecule has 1 aromatic carbocycles. The first-order valence-corrected chi connectivity index (χ1v) is 21.0. The third kappa shape index (κ3) is 10.3. The van der Waals surface area contributed by atoms with Crippen LogP contribution in [-0.4, -0.2) is 118 Å². The van der Waals surface area contributed by atoms with Crippen molar-refractivity contribution in [2.24, 2.45) is 29.6 Å². The Morgan fingerprint density at radius 3 is 2.30 bits per heavy atom. The lowest BCUT2D eigenvalue weighted by Gasteiger charge is -2.47. The number of hydrogen-bond donors (Lipinski definition) is 2. The van der Waals surface area contributed by atoms with Crippen LogP contribution in [0.3, 0.4) is 0 Å².